The lowest BCUT2D eigenvalue weighted by Crippen LogP contribution is -2.43. The predicted molar refractivity (Wildman–Crippen MR) is 116 cm³/mol. The second-order valence-electron chi connectivity index (χ2n) is 6.73. The van der Waals surface area contributed by atoms with Gasteiger partial charge in [-0.3, -0.25) is 14.2 Å². The van der Waals surface area contributed by atoms with Crippen LogP contribution in [0.2, 0.25) is 0 Å². The Morgan fingerprint density at radius 2 is 1.97 bits per heavy atom. The Morgan fingerprint density at radius 1 is 1.16 bits per heavy atom. The molecule has 0 fully saturated rings. The van der Waals surface area contributed by atoms with Crippen LogP contribution in [-0.4, -0.2) is 43.3 Å². The van der Waals surface area contributed by atoms with Crippen LogP contribution in [0.1, 0.15) is 5.56 Å². The number of hydrogen-bond acceptors (Lipinski definition) is 7. The third-order valence-electron chi connectivity index (χ3n) is 4.68. The number of fused-ring (bicyclic) bond motifs is 1. The smallest absolute Gasteiger partial charge is 0.333 e. The molecule has 0 saturated carbocycles. The zero-order chi connectivity index (χ0) is 21.8. The first kappa shape index (κ1) is 20.7. The van der Waals surface area contributed by atoms with Gasteiger partial charge in [0.25, 0.3) is 5.56 Å². The number of amides is 1. The molecule has 11 heteroatoms. The highest BCUT2D eigenvalue weighted by Gasteiger charge is 2.20. The first-order valence-corrected chi connectivity index (χ1v) is 10.4. The fourth-order valence-electron chi connectivity index (χ4n) is 3.23. The monoisotopic (exact) mass is 440 g/mol. The summed E-state index contributed by atoms with van der Waals surface area (Å²) in [4.78, 5) is 47.2. The summed E-state index contributed by atoms with van der Waals surface area (Å²) in [6.07, 6.45) is 3.06. The topological polar surface area (TPSA) is 113 Å². The van der Waals surface area contributed by atoms with Crippen LogP contribution in [0.25, 0.3) is 11.2 Å². The van der Waals surface area contributed by atoms with Crippen LogP contribution in [0.4, 0.5) is 5.13 Å². The summed E-state index contributed by atoms with van der Waals surface area (Å²) in [5.74, 6) is -0.511. The minimum absolute atomic E-state index is 0.214. The van der Waals surface area contributed by atoms with Gasteiger partial charge in [0.1, 0.15) is 6.54 Å². The minimum Gasteiger partial charge on any atom is -0.383 e. The average molecular weight is 440 g/mol. The van der Waals surface area contributed by atoms with Gasteiger partial charge in [0.05, 0.1) is 19.5 Å². The SMILES string of the molecule is COCCn1cnc2c1c(=O)n(CC(=O)Nc1nccs1)c(=O)n2Cc1ccccc1. The molecule has 3 aromatic heterocycles. The van der Waals surface area contributed by atoms with Crippen LogP contribution in [0, 0.1) is 0 Å². The number of benzene rings is 1. The van der Waals surface area contributed by atoms with Gasteiger partial charge < -0.3 is 14.6 Å². The maximum absolute atomic E-state index is 13.2. The molecular weight excluding hydrogens is 420 g/mol. The number of nitrogens with zero attached hydrogens (tertiary/aromatic N) is 5. The minimum atomic E-state index is -0.604. The van der Waals surface area contributed by atoms with Gasteiger partial charge in [-0.2, -0.15) is 0 Å². The summed E-state index contributed by atoms with van der Waals surface area (Å²) in [6.45, 7) is 0.535. The fraction of sp³-hybridized carbons (Fsp3) is 0.250. The lowest BCUT2D eigenvalue weighted by molar-refractivity contribution is -0.116. The van der Waals surface area contributed by atoms with Gasteiger partial charge >= 0.3 is 5.69 Å². The summed E-state index contributed by atoms with van der Waals surface area (Å²) in [7, 11) is 1.56. The molecule has 0 aliphatic rings. The maximum atomic E-state index is 13.2. The van der Waals surface area contributed by atoms with E-state index in [9.17, 15) is 14.4 Å². The van der Waals surface area contributed by atoms with Crippen molar-refractivity contribution in [1.29, 1.82) is 0 Å². The molecule has 0 unspecified atom stereocenters. The van der Waals surface area contributed by atoms with Crippen molar-refractivity contribution in [3.63, 3.8) is 0 Å². The molecule has 31 heavy (non-hydrogen) atoms. The van der Waals surface area contributed by atoms with E-state index in [1.54, 1.807) is 23.3 Å². The van der Waals surface area contributed by atoms with E-state index >= 15 is 0 Å². The molecule has 0 aliphatic heterocycles. The molecule has 4 aromatic rings. The summed E-state index contributed by atoms with van der Waals surface area (Å²) in [5.41, 5.74) is 0.204. The Hall–Kier alpha value is -3.57. The number of rotatable bonds is 8. The van der Waals surface area contributed by atoms with Crippen molar-refractivity contribution in [3.05, 3.63) is 74.6 Å². The van der Waals surface area contributed by atoms with Gasteiger partial charge in [0.15, 0.2) is 16.3 Å². The van der Waals surface area contributed by atoms with E-state index in [-0.39, 0.29) is 17.7 Å². The molecular formula is C20H20N6O4S. The standard InChI is InChI=1S/C20H20N6O4S/c1-30-9-8-24-13-22-17-16(24)18(28)26(12-15(27)23-19-21-7-10-31-19)20(29)25(17)11-14-5-3-2-4-6-14/h2-7,10,13H,8-9,11-12H2,1H3,(H,21,23,27). The third kappa shape index (κ3) is 4.32. The molecule has 0 atom stereocenters. The van der Waals surface area contributed by atoms with Crippen molar-refractivity contribution >= 4 is 33.5 Å². The number of ether oxygens (including phenoxy) is 1. The van der Waals surface area contributed by atoms with Crippen LogP contribution >= 0.6 is 11.3 Å². The van der Waals surface area contributed by atoms with E-state index in [1.165, 1.54) is 22.2 Å². The average Bonchev–Trinajstić information content (AvgIpc) is 3.43. The summed E-state index contributed by atoms with van der Waals surface area (Å²) < 4.78 is 9.09. The summed E-state index contributed by atoms with van der Waals surface area (Å²) >= 11 is 1.25. The molecule has 160 valence electrons. The molecule has 3 heterocycles. The highest BCUT2D eigenvalue weighted by atomic mass is 32.1. The van der Waals surface area contributed by atoms with Crippen LogP contribution in [0.5, 0.6) is 0 Å². The van der Waals surface area contributed by atoms with E-state index in [2.05, 4.69) is 15.3 Å². The molecule has 0 bridgehead atoms. The molecule has 0 saturated heterocycles. The highest BCUT2D eigenvalue weighted by molar-refractivity contribution is 7.13. The van der Waals surface area contributed by atoms with E-state index in [0.29, 0.717) is 18.3 Å². The number of nitrogens with one attached hydrogen (secondary N) is 1. The number of anilines is 1. The number of carbonyl (C=O) groups excluding carboxylic acids is 1. The van der Waals surface area contributed by atoms with E-state index in [4.69, 9.17) is 4.74 Å². The van der Waals surface area contributed by atoms with Gasteiger partial charge in [0, 0.05) is 25.2 Å². The van der Waals surface area contributed by atoms with E-state index in [1.807, 2.05) is 30.3 Å². The van der Waals surface area contributed by atoms with Gasteiger partial charge in [-0.05, 0) is 5.56 Å². The van der Waals surface area contributed by atoms with Crippen molar-refractivity contribution in [2.75, 3.05) is 19.0 Å². The summed E-state index contributed by atoms with van der Waals surface area (Å²) in [6, 6.07) is 9.37. The fourth-order valence-corrected chi connectivity index (χ4v) is 3.78. The molecule has 4 rings (SSSR count). The number of hydrogen-bond donors (Lipinski definition) is 1. The van der Waals surface area contributed by atoms with Gasteiger partial charge in [0.2, 0.25) is 5.91 Å². The first-order chi connectivity index (χ1) is 15.1. The first-order valence-electron chi connectivity index (χ1n) is 9.49. The molecule has 0 aliphatic carbocycles. The number of thiazole rings is 1. The quantitative estimate of drug-likeness (QED) is 0.440. The second-order valence-corrected chi connectivity index (χ2v) is 7.63. The van der Waals surface area contributed by atoms with Crippen LogP contribution in [0.3, 0.4) is 0 Å². The van der Waals surface area contributed by atoms with E-state index < -0.39 is 23.7 Å². The summed E-state index contributed by atoms with van der Waals surface area (Å²) in [5, 5.41) is 4.72. The van der Waals surface area contributed by atoms with Crippen molar-refractivity contribution in [3.8, 4) is 0 Å². The normalized spacial score (nSPS) is 11.1. The Morgan fingerprint density at radius 3 is 2.68 bits per heavy atom. The number of imidazole rings is 1. The Bertz CT molecular complexity index is 1310. The molecule has 1 N–H and O–H groups in total. The molecule has 0 spiro atoms. The van der Waals surface area contributed by atoms with Gasteiger partial charge in [-0.25, -0.2) is 19.3 Å². The zero-order valence-corrected chi connectivity index (χ0v) is 17.5. The number of methoxy groups -OCH3 is 1. The van der Waals surface area contributed by atoms with Crippen LogP contribution < -0.4 is 16.6 Å². The predicted octanol–water partition coefficient (Wildman–Crippen LogP) is 1.15. The molecule has 10 nitrogen and oxygen atoms in total. The Kier molecular flexibility index (Phi) is 6.05. The highest BCUT2D eigenvalue weighted by Crippen LogP contribution is 2.11. The Balaban J connectivity index is 1.81. The van der Waals surface area contributed by atoms with Crippen molar-refractivity contribution in [2.24, 2.45) is 0 Å². The zero-order valence-electron chi connectivity index (χ0n) is 16.7. The second kappa shape index (κ2) is 9.06. The maximum Gasteiger partial charge on any atom is 0.333 e. The van der Waals surface area contributed by atoms with Crippen LogP contribution in [0.15, 0.2) is 57.8 Å². The van der Waals surface area contributed by atoms with Gasteiger partial charge in [-0.1, -0.05) is 30.3 Å². The number of carbonyl (C=O) groups is 1. The van der Waals surface area contributed by atoms with Crippen molar-refractivity contribution in [2.45, 2.75) is 19.6 Å². The lowest BCUT2D eigenvalue weighted by Gasteiger charge is -2.12. The number of aromatic nitrogens is 5. The van der Waals surface area contributed by atoms with Crippen molar-refractivity contribution in [1.82, 2.24) is 23.7 Å². The molecule has 1 aromatic carbocycles. The molecule has 1 amide bonds. The molecule has 0 radical (unpaired) electrons. The largest absolute Gasteiger partial charge is 0.383 e. The Labute approximate surface area is 180 Å². The van der Waals surface area contributed by atoms with Gasteiger partial charge in [-0.15, -0.1) is 11.3 Å². The van der Waals surface area contributed by atoms with Crippen LogP contribution in [-0.2, 0) is 29.2 Å². The van der Waals surface area contributed by atoms with E-state index in [0.717, 1.165) is 10.1 Å². The third-order valence-corrected chi connectivity index (χ3v) is 5.37. The van der Waals surface area contributed by atoms with Crippen molar-refractivity contribution < 1.29 is 9.53 Å². The lowest BCUT2D eigenvalue weighted by atomic mass is 10.2.